The fraction of sp³-hybridized carbons (Fsp3) is 0.846. The lowest BCUT2D eigenvalue weighted by Crippen LogP contribution is -2.47. The summed E-state index contributed by atoms with van der Waals surface area (Å²) in [6.45, 7) is 6.43. The Morgan fingerprint density at radius 1 is 1.47 bits per heavy atom. The molecular formula is C13H24N2OS. The summed E-state index contributed by atoms with van der Waals surface area (Å²) in [4.78, 5) is 12.3. The summed E-state index contributed by atoms with van der Waals surface area (Å²) in [5, 5.41) is 3.12. The number of carbonyl (C=O) groups is 1. The van der Waals surface area contributed by atoms with Crippen molar-refractivity contribution in [2.24, 2.45) is 23.5 Å². The van der Waals surface area contributed by atoms with Gasteiger partial charge in [-0.2, -0.15) is 0 Å². The lowest BCUT2D eigenvalue weighted by Gasteiger charge is -2.34. The zero-order valence-electron chi connectivity index (χ0n) is 11.0. The Morgan fingerprint density at radius 2 is 2.12 bits per heavy atom. The second-order valence-corrected chi connectivity index (χ2v) is 5.85. The van der Waals surface area contributed by atoms with Crippen LogP contribution in [0, 0.1) is 17.8 Å². The second kappa shape index (κ2) is 6.34. The third-order valence-electron chi connectivity index (χ3n) is 3.83. The van der Waals surface area contributed by atoms with E-state index in [1.165, 1.54) is 12.8 Å². The highest BCUT2D eigenvalue weighted by Crippen LogP contribution is 2.28. The normalized spacial score (nSPS) is 30.6. The van der Waals surface area contributed by atoms with Crippen LogP contribution in [0.1, 0.15) is 46.5 Å². The molecule has 3 N–H and O–H groups in total. The van der Waals surface area contributed by atoms with Crippen LogP contribution in [0.4, 0.5) is 0 Å². The molecule has 1 saturated carbocycles. The molecule has 3 nitrogen and oxygen atoms in total. The standard InChI is InChI=1S/C13H24N2OS/c1-4-10(12(14)17)13(16)15-11-6-5-8(2)7-9(11)3/h8-11H,4-7H2,1-3H3,(H2,14,17)(H,15,16). The van der Waals surface area contributed by atoms with Crippen LogP contribution >= 0.6 is 12.2 Å². The van der Waals surface area contributed by atoms with Crippen molar-refractivity contribution in [1.29, 1.82) is 0 Å². The third kappa shape index (κ3) is 3.95. The predicted molar refractivity (Wildman–Crippen MR) is 74.7 cm³/mol. The van der Waals surface area contributed by atoms with Crippen LogP contribution in [0.25, 0.3) is 0 Å². The molecule has 17 heavy (non-hydrogen) atoms. The summed E-state index contributed by atoms with van der Waals surface area (Å²) in [5.74, 6) is 1.02. The molecule has 1 aliphatic carbocycles. The maximum absolute atomic E-state index is 12.0. The SMILES string of the molecule is CCC(C(=O)NC1CCC(C)CC1C)C(N)=S. The molecule has 0 heterocycles. The minimum atomic E-state index is -0.309. The molecule has 0 aliphatic heterocycles. The summed E-state index contributed by atoms with van der Waals surface area (Å²) in [7, 11) is 0. The molecule has 1 fully saturated rings. The minimum absolute atomic E-state index is 0.00593. The van der Waals surface area contributed by atoms with Gasteiger partial charge in [-0.1, -0.05) is 33.0 Å². The van der Waals surface area contributed by atoms with E-state index in [-0.39, 0.29) is 11.8 Å². The maximum atomic E-state index is 12.0. The number of nitrogens with one attached hydrogen (secondary N) is 1. The molecule has 1 rings (SSSR count). The van der Waals surface area contributed by atoms with Gasteiger partial charge in [-0.25, -0.2) is 0 Å². The van der Waals surface area contributed by atoms with Gasteiger partial charge in [0.25, 0.3) is 0 Å². The van der Waals surface area contributed by atoms with E-state index in [4.69, 9.17) is 18.0 Å². The van der Waals surface area contributed by atoms with Crippen LogP contribution in [-0.4, -0.2) is 16.9 Å². The van der Waals surface area contributed by atoms with E-state index in [0.717, 1.165) is 12.3 Å². The monoisotopic (exact) mass is 256 g/mol. The van der Waals surface area contributed by atoms with Crippen molar-refractivity contribution < 1.29 is 4.79 Å². The Balaban J connectivity index is 2.53. The Morgan fingerprint density at radius 3 is 2.59 bits per heavy atom. The first kappa shape index (κ1) is 14.4. The minimum Gasteiger partial charge on any atom is -0.393 e. The summed E-state index contributed by atoms with van der Waals surface area (Å²) in [6.07, 6.45) is 4.13. The summed E-state index contributed by atoms with van der Waals surface area (Å²) in [5.41, 5.74) is 5.58. The van der Waals surface area contributed by atoms with Crippen molar-refractivity contribution in [1.82, 2.24) is 5.32 Å². The van der Waals surface area contributed by atoms with Crippen LogP contribution in [-0.2, 0) is 4.79 Å². The first-order valence-electron chi connectivity index (χ1n) is 6.55. The number of nitrogens with two attached hydrogens (primary N) is 1. The highest BCUT2D eigenvalue weighted by atomic mass is 32.1. The molecule has 4 unspecified atom stereocenters. The van der Waals surface area contributed by atoms with Crippen molar-refractivity contribution in [3.8, 4) is 0 Å². The lowest BCUT2D eigenvalue weighted by atomic mass is 9.79. The predicted octanol–water partition coefficient (Wildman–Crippen LogP) is 2.24. The maximum Gasteiger partial charge on any atom is 0.230 e. The van der Waals surface area contributed by atoms with Gasteiger partial charge in [0.1, 0.15) is 0 Å². The Bertz CT molecular complexity index is 293. The van der Waals surface area contributed by atoms with Crippen LogP contribution in [0.2, 0.25) is 0 Å². The fourth-order valence-corrected chi connectivity index (χ4v) is 2.95. The second-order valence-electron chi connectivity index (χ2n) is 5.37. The summed E-state index contributed by atoms with van der Waals surface area (Å²) < 4.78 is 0. The molecule has 0 aromatic rings. The molecule has 1 amide bonds. The van der Waals surface area contributed by atoms with E-state index >= 15 is 0 Å². The summed E-state index contributed by atoms with van der Waals surface area (Å²) in [6, 6.07) is 0.294. The van der Waals surface area contributed by atoms with E-state index in [9.17, 15) is 4.79 Å². The highest BCUT2D eigenvalue weighted by Gasteiger charge is 2.29. The number of hydrogen-bond donors (Lipinski definition) is 2. The quantitative estimate of drug-likeness (QED) is 0.759. The zero-order valence-corrected chi connectivity index (χ0v) is 11.8. The van der Waals surface area contributed by atoms with Gasteiger partial charge in [-0.3, -0.25) is 4.79 Å². The van der Waals surface area contributed by atoms with Gasteiger partial charge < -0.3 is 11.1 Å². The molecule has 0 aromatic carbocycles. The number of carbonyl (C=O) groups excluding carboxylic acids is 1. The largest absolute Gasteiger partial charge is 0.393 e. The Kier molecular flexibility index (Phi) is 5.37. The summed E-state index contributed by atoms with van der Waals surface area (Å²) >= 11 is 4.93. The van der Waals surface area contributed by atoms with Crippen molar-refractivity contribution in [2.75, 3.05) is 0 Å². The first-order chi connectivity index (χ1) is 7.95. The fourth-order valence-electron chi connectivity index (χ4n) is 2.68. The molecule has 0 bridgehead atoms. The van der Waals surface area contributed by atoms with E-state index in [1.54, 1.807) is 0 Å². The van der Waals surface area contributed by atoms with Gasteiger partial charge >= 0.3 is 0 Å². The molecule has 4 heteroatoms. The molecular weight excluding hydrogens is 232 g/mol. The van der Waals surface area contributed by atoms with Crippen molar-refractivity contribution in [3.63, 3.8) is 0 Å². The average Bonchev–Trinajstić information content (AvgIpc) is 2.22. The first-order valence-corrected chi connectivity index (χ1v) is 6.96. The van der Waals surface area contributed by atoms with E-state index in [2.05, 4.69) is 19.2 Å². The topological polar surface area (TPSA) is 55.1 Å². The molecule has 98 valence electrons. The number of hydrogen-bond acceptors (Lipinski definition) is 2. The van der Waals surface area contributed by atoms with Crippen LogP contribution < -0.4 is 11.1 Å². The van der Waals surface area contributed by atoms with Crippen molar-refractivity contribution in [2.45, 2.75) is 52.5 Å². The number of amides is 1. The zero-order chi connectivity index (χ0) is 13.0. The van der Waals surface area contributed by atoms with Crippen molar-refractivity contribution in [3.05, 3.63) is 0 Å². The van der Waals surface area contributed by atoms with E-state index in [0.29, 0.717) is 23.4 Å². The van der Waals surface area contributed by atoms with Crippen LogP contribution in [0.3, 0.4) is 0 Å². The lowest BCUT2D eigenvalue weighted by molar-refractivity contribution is -0.124. The van der Waals surface area contributed by atoms with Crippen LogP contribution in [0.15, 0.2) is 0 Å². The highest BCUT2D eigenvalue weighted by molar-refractivity contribution is 7.80. The number of thiocarbonyl (C=S) groups is 1. The number of rotatable bonds is 4. The van der Waals surface area contributed by atoms with E-state index < -0.39 is 0 Å². The van der Waals surface area contributed by atoms with Gasteiger partial charge in [0.2, 0.25) is 5.91 Å². The van der Waals surface area contributed by atoms with Crippen molar-refractivity contribution >= 4 is 23.1 Å². The molecule has 0 aromatic heterocycles. The van der Waals surface area contributed by atoms with Gasteiger partial charge in [0, 0.05) is 6.04 Å². The third-order valence-corrected chi connectivity index (χ3v) is 4.11. The Labute approximate surface area is 110 Å². The van der Waals surface area contributed by atoms with E-state index in [1.807, 2.05) is 6.92 Å². The molecule has 4 atom stereocenters. The molecule has 1 aliphatic rings. The van der Waals surface area contributed by atoms with Crippen LogP contribution in [0.5, 0.6) is 0 Å². The van der Waals surface area contributed by atoms with Gasteiger partial charge in [0.05, 0.1) is 10.9 Å². The smallest absolute Gasteiger partial charge is 0.230 e. The van der Waals surface area contributed by atoms with Gasteiger partial charge in [-0.15, -0.1) is 0 Å². The Hall–Kier alpha value is -0.640. The molecule has 0 radical (unpaired) electrons. The molecule has 0 saturated heterocycles. The van der Waals surface area contributed by atoms with Gasteiger partial charge in [0.15, 0.2) is 0 Å². The van der Waals surface area contributed by atoms with Gasteiger partial charge in [-0.05, 0) is 37.5 Å². The molecule has 0 spiro atoms. The average molecular weight is 256 g/mol.